The molecule has 2 rings (SSSR count). The molecule has 1 heterocycles. The van der Waals surface area contributed by atoms with Gasteiger partial charge in [0.25, 0.3) is 0 Å². The van der Waals surface area contributed by atoms with Crippen LogP contribution >= 0.6 is 0 Å². The van der Waals surface area contributed by atoms with E-state index in [-0.39, 0.29) is 5.69 Å². The van der Waals surface area contributed by atoms with Crippen LogP contribution in [0, 0.1) is 0 Å². The molecule has 114 valence electrons. The predicted molar refractivity (Wildman–Crippen MR) is 72.9 cm³/mol. The lowest BCUT2D eigenvalue weighted by Crippen LogP contribution is -2.29. The van der Waals surface area contributed by atoms with Crippen molar-refractivity contribution in [3.05, 3.63) is 54.4 Å². The van der Waals surface area contributed by atoms with E-state index in [2.05, 4.69) is 15.6 Å². The lowest BCUT2D eigenvalue weighted by atomic mass is 10.2. The van der Waals surface area contributed by atoms with Gasteiger partial charge in [0.1, 0.15) is 0 Å². The standard InChI is InChI=1S/C14H10F3N3O2/c15-14(16,17)9-3-1-4-10(7-9)19-12(21)13(22)20-11-5-2-6-18-8-11/h1-8H,(H,19,21)(H,20,22). The van der Waals surface area contributed by atoms with E-state index >= 15 is 0 Å². The summed E-state index contributed by atoms with van der Waals surface area (Å²) in [6.45, 7) is 0. The van der Waals surface area contributed by atoms with Crippen molar-refractivity contribution in [1.29, 1.82) is 0 Å². The number of benzene rings is 1. The number of carbonyl (C=O) groups excluding carboxylic acids is 2. The first-order valence-electron chi connectivity index (χ1n) is 6.06. The average Bonchev–Trinajstić information content (AvgIpc) is 2.47. The van der Waals surface area contributed by atoms with Crippen LogP contribution in [0.3, 0.4) is 0 Å². The number of hydrogen-bond acceptors (Lipinski definition) is 3. The van der Waals surface area contributed by atoms with Gasteiger partial charge in [-0.2, -0.15) is 13.2 Å². The second-order valence-corrected chi connectivity index (χ2v) is 4.23. The van der Waals surface area contributed by atoms with E-state index in [4.69, 9.17) is 0 Å². The van der Waals surface area contributed by atoms with Crippen LogP contribution in [0.15, 0.2) is 48.8 Å². The van der Waals surface area contributed by atoms with E-state index in [0.717, 1.165) is 18.2 Å². The molecule has 1 aromatic carbocycles. The molecule has 0 atom stereocenters. The van der Waals surface area contributed by atoms with Gasteiger partial charge in [-0.05, 0) is 30.3 Å². The highest BCUT2D eigenvalue weighted by Crippen LogP contribution is 2.30. The van der Waals surface area contributed by atoms with Gasteiger partial charge in [0.05, 0.1) is 17.4 Å². The molecule has 2 N–H and O–H groups in total. The molecule has 2 aromatic rings. The maximum absolute atomic E-state index is 12.6. The zero-order valence-electron chi connectivity index (χ0n) is 11.0. The Morgan fingerprint density at radius 3 is 2.18 bits per heavy atom. The molecule has 0 fully saturated rings. The quantitative estimate of drug-likeness (QED) is 0.838. The maximum Gasteiger partial charge on any atom is 0.416 e. The number of nitrogens with one attached hydrogen (secondary N) is 2. The van der Waals surface area contributed by atoms with Crippen molar-refractivity contribution < 1.29 is 22.8 Å². The van der Waals surface area contributed by atoms with Crippen molar-refractivity contribution in [3.8, 4) is 0 Å². The van der Waals surface area contributed by atoms with Gasteiger partial charge in [0.15, 0.2) is 0 Å². The summed E-state index contributed by atoms with van der Waals surface area (Å²) in [5.74, 6) is -2.09. The summed E-state index contributed by atoms with van der Waals surface area (Å²) >= 11 is 0. The van der Waals surface area contributed by atoms with E-state index in [1.165, 1.54) is 24.5 Å². The van der Waals surface area contributed by atoms with Gasteiger partial charge in [-0.3, -0.25) is 14.6 Å². The van der Waals surface area contributed by atoms with Crippen LogP contribution in [0.1, 0.15) is 5.56 Å². The van der Waals surface area contributed by atoms with Gasteiger partial charge >= 0.3 is 18.0 Å². The zero-order valence-corrected chi connectivity index (χ0v) is 11.0. The monoisotopic (exact) mass is 309 g/mol. The number of alkyl halides is 3. The smallest absolute Gasteiger partial charge is 0.318 e. The van der Waals surface area contributed by atoms with E-state index in [9.17, 15) is 22.8 Å². The first-order chi connectivity index (χ1) is 10.4. The number of pyridine rings is 1. The van der Waals surface area contributed by atoms with Crippen LogP contribution in [0.25, 0.3) is 0 Å². The third-order valence-electron chi connectivity index (χ3n) is 2.57. The molecule has 0 aliphatic rings. The molecule has 8 heteroatoms. The van der Waals surface area contributed by atoms with Crippen molar-refractivity contribution in [1.82, 2.24) is 4.98 Å². The molecule has 0 radical (unpaired) electrons. The number of aromatic nitrogens is 1. The first kappa shape index (κ1) is 15.5. The normalized spacial score (nSPS) is 10.9. The molecule has 0 spiro atoms. The largest absolute Gasteiger partial charge is 0.416 e. The number of halogens is 3. The van der Waals surface area contributed by atoms with Crippen molar-refractivity contribution in [2.24, 2.45) is 0 Å². The second-order valence-electron chi connectivity index (χ2n) is 4.23. The molecule has 0 aliphatic heterocycles. The van der Waals surface area contributed by atoms with Crippen molar-refractivity contribution in [2.45, 2.75) is 6.18 Å². The van der Waals surface area contributed by atoms with Crippen LogP contribution in [0.4, 0.5) is 24.5 Å². The van der Waals surface area contributed by atoms with Gasteiger partial charge in [0, 0.05) is 11.9 Å². The molecule has 0 bridgehead atoms. The van der Waals surface area contributed by atoms with Gasteiger partial charge < -0.3 is 10.6 Å². The highest BCUT2D eigenvalue weighted by molar-refractivity contribution is 6.43. The highest BCUT2D eigenvalue weighted by Gasteiger charge is 2.30. The topological polar surface area (TPSA) is 71.1 Å². The van der Waals surface area contributed by atoms with Gasteiger partial charge in [0.2, 0.25) is 0 Å². The molecule has 22 heavy (non-hydrogen) atoms. The Bertz CT molecular complexity index is 687. The minimum atomic E-state index is -4.53. The summed E-state index contributed by atoms with van der Waals surface area (Å²) in [7, 11) is 0. The summed E-state index contributed by atoms with van der Waals surface area (Å²) in [5.41, 5.74) is -0.745. The Kier molecular flexibility index (Phi) is 4.40. The van der Waals surface area contributed by atoms with Crippen LogP contribution < -0.4 is 10.6 Å². The Balaban J connectivity index is 2.04. The fraction of sp³-hybridized carbons (Fsp3) is 0.0714. The number of carbonyl (C=O) groups is 2. The SMILES string of the molecule is O=C(Nc1cccnc1)C(=O)Nc1cccc(C(F)(F)F)c1. The van der Waals surface area contributed by atoms with E-state index in [0.29, 0.717) is 5.69 Å². The minimum absolute atomic E-state index is 0.124. The molecule has 0 aliphatic carbocycles. The zero-order chi connectivity index (χ0) is 16.2. The fourth-order valence-electron chi connectivity index (χ4n) is 1.59. The Morgan fingerprint density at radius 2 is 1.59 bits per heavy atom. The van der Waals surface area contributed by atoms with Gasteiger partial charge in [-0.25, -0.2) is 0 Å². The van der Waals surface area contributed by atoms with Gasteiger partial charge in [-0.15, -0.1) is 0 Å². The lowest BCUT2D eigenvalue weighted by molar-refractivity contribution is -0.137. The van der Waals surface area contributed by atoms with Crippen molar-refractivity contribution in [2.75, 3.05) is 10.6 Å². The van der Waals surface area contributed by atoms with Crippen LogP contribution in [-0.2, 0) is 15.8 Å². The summed E-state index contributed by atoms with van der Waals surface area (Å²) in [5, 5.41) is 4.37. The van der Waals surface area contributed by atoms with Crippen molar-refractivity contribution >= 4 is 23.2 Å². The van der Waals surface area contributed by atoms with Crippen molar-refractivity contribution in [3.63, 3.8) is 0 Å². The Morgan fingerprint density at radius 1 is 0.955 bits per heavy atom. The average molecular weight is 309 g/mol. The number of rotatable bonds is 2. The third kappa shape index (κ3) is 4.05. The van der Waals surface area contributed by atoms with Crippen LogP contribution in [-0.4, -0.2) is 16.8 Å². The Hall–Kier alpha value is -2.90. The molecule has 2 amide bonds. The molecular weight excluding hydrogens is 299 g/mol. The predicted octanol–water partition coefficient (Wildman–Crippen LogP) is 2.68. The third-order valence-corrected chi connectivity index (χ3v) is 2.57. The molecule has 0 saturated heterocycles. The van der Waals surface area contributed by atoms with E-state index in [1.54, 1.807) is 6.07 Å². The summed E-state index contributed by atoms with van der Waals surface area (Å²) < 4.78 is 37.7. The lowest BCUT2D eigenvalue weighted by Gasteiger charge is -2.10. The summed E-state index contributed by atoms with van der Waals surface area (Å²) in [6, 6.07) is 7.07. The van der Waals surface area contributed by atoms with Crippen LogP contribution in [0.5, 0.6) is 0 Å². The van der Waals surface area contributed by atoms with E-state index < -0.39 is 23.6 Å². The first-order valence-corrected chi connectivity index (χ1v) is 6.06. The molecule has 1 aromatic heterocycles. The minimum Gasteiger partial charge on any atom is -0.318 e. The summed E-state index contributed by atoms with van der Waals surface area (Å²) in [6.07, 6.45) is -1.72. The number of hydrogen-bond donors (Lipinski definition) is 2. The fourth-order valence-corrected chi connectivity index (χ4v) is 1.59. The number of nitrogens with zero attached hydrogens (tertiary/aromatic N) is 1. The Labute approximate surface area is 123 Å². The maximum atomic E-state index is 12.6. The molecule has 0 unspecified atom stereocenters. The number of amides is 2. The highest BCUT2D eigenvalue weighted by atomic mass is 19.4. The molecule has 5 nitrogen and oxygen atoms in total. The molecule has 0 saturated carbocycles. The second kappa shape index (κ2) is 6.25. The number of anilines is 2. The van der Waals surface area contributed by atoms with Crippen LogP contribution in [0.2, 0.25) is 0 Å². The summed E-state index contributed by atoms with van der Waals surface area (Å²) in [4.78, 5) is 27.0. The molecular formula is C14H10F3N3O2. The van der Waals surface area contributed by atoms with Gasteiger partial charge in [-0.1, -0.05) is 6.07 Å². The van der Waals surface area contributed by atoms with E-state index in [1.807, 2.05) is 0 Å².